The van der Waals surface area contributed by atoms with E-state index in [0.29, 0.717) is 12.1 Å². The number of imidazole rings is 2. The number of alkyl halides is 6. The topological polar surface area (TPSA) is 35.6 Å². The van der Waals surface area contributed by atoms with Crippen molar-refractivity contribution in [2.45, 2.75) is 25.2 Å². The number of halogens is 10. The minimum atomic E-state index is -4.79. The van der Waals surface area contributed by atoms with Crippen LogP contribution in [0, 0.1) is 23.3 Å². The molecule has 0 amide bonds. The SMILES string of the molecule is Fc1cc2nc(CC(F)(F)F)n3c2c(c1F)B1c2c-3cccc2-n2c(CC(F)(F)F)nc3cc(F)c(F)c1c32. The van der Waals surface area contributed by atoms with Gasteiger partial charge in [0.15, 0.2) is 23.3 Å². The normalized spacial score (nSPS) is 14.1. The fourth-order valence-corrected chi connectivity index (χ4v) is 5.82. The zero-order valence-electron chi connectivity index (χ0n) is 18.9. The highest BCUT2D eigenvalue weighted by Crippen LogP contribution is 2.36. The summed E-state index contributed by atoms with van der Waals surface area (Å²) in [4.78, 5) is 7.76. The van der Waals surface area contributed by atoms with Gasteiger partial charge in [-0.2, -0.15) is 26.3 Å². The average molecular weight is 554 g/mol. The van der Waals surface area contributed by atoms with E-state index in [1.54, 1.807) is 0 Å². The summed E-state index contributed by atoms with van der Waals surface area (Å²) in [5, 5.41) is 0. The Morgan fingerprint density at radius 1 is 0.641 bits per heavy atom. The van der Waals surface area contributed by atoms with Crippen molar-refractivity contribution >= 4 is 45.2 Å². The summed E-state index contributed by atoms with van der Waals surface area (Å²) in [5.74, 6) is -7.35. The fraction of sp³-hybridized carbons (Fsp3) is 0.167. The van der Waals surface area contributed by atoms with Crippen LogP contribution < -0.4 is 16.4 Å². The van der Waals surface area contributed by atoms with E-state index >= 15 is 8.78 Å². The molecule has 4 heterocycles. The zero-order valence-corrected chi connectivity index (χ0v) is 18.9. The van der Waals surface area contributed by atoms with Crippen LogP contribution in [0.15, 0.2) is 30.3 Å². The van der Waals surface area contributed by atoms with Crippen LogP contribution in [0.25, 0.3) is 33.4 Å². The van der Waals surface area contributed by atoms with Crippen molar-refractivity contribution in [3.63, 3.8) is 0 Å². The van der Waals surface area contributed by atoms with Crippen LogP contribution >= 0.6 is 0 Å². The number of nitrogens with zero attached hydrogens (tertiary/aromatic N) is 4. The fourth-order valence-electron chi connectivity index (χ4n) is 5.82. The molecular formula is C24H9BF10N4. The third kappa shape index (κ3) is 3.21. The Bertz CT molecular complexity index is 1770. The summed E-state index contributed by atoms with van der Waals surface area (Å²) >= 11 is 0. The summed E-state index contributed by atoms with van der Waals surface area (Å²) in [6.07, 6.45) is -12.8. The van der Waals surface area contributed by atoms with E-state index in [1.165, 1.54) is 18.2 Å². The van der Waals surface area contributed by atoms with Crippen molar-refractivity contribution in [2.75, 3.05) is 0 Å². The monoisotopic (exact) mass is 554 g/mol. The van der Waals surface area contributed by atoms with E-state index in [9.17, 15) is 35.1 Å². The molecule has 0 unspecified atom stereocenters. The van der Waals surface area contributed by atoms with E-state index < -0.39 is 77.8 Å². The number of hydrogen-bond acceptors (Lipinski definition) is 2. The van der Waals surface area contributed by atoms with Crippen molar-refractivity contribution < 1.29 is 43.9 Å². The Balaban J connectivity index is 1.69. The van der Waals surface area contributed by atoms with Crippen molar-refractivity contribution in [3.8, 4) is 11.4 Å². The Morgan fingerprint density at radius 3 is 1.44 bits per heavy atom. The first-order valence-electron chi connectivity index (χ1n) is 11.3. The van der Waals surface area contributed by atoms with Gasteiger partial charge < -0.3 is 0 Å². The highest BCUT2D eigenvalue weighted by molar-refractivity contribution is 7.00. The predicted molar refractivity (Wildman–Crippen MR) is 120 cm³/mol. The largest absolute Gasteiger partial charge is 0.396 e. The van der Waals surface area contributed by atoms with Gasteiger partial charge in [-0.25, -0.2) is 27.5 Å². The smallest absolute Gasteiger partial charge is 0.297 e. The highest BCUT2D eigenvalue weighted by atomic mass is 19.4. The maximum absolute atomic E-state index is 15.6. The van der Waals surface area contributed by atoms with Gasteiger partial charge in [-0.05, 0) is 28.5 Å². The Labute approximate surface area is 210 Å². The van der Waals surface area contributed by atoms with Crippen molar-refractivity contribution in [2.24, 2.45) is 0 Å². The van der Waals surface area contributed by atoms with Crippen molar-refractivity contribution in [1.82, 2.24) is 19.1 Å². The van der Waals surface area contributed by atoms with Gasteiger partial charge in [-0.1, -0.05) is 6.07 Å². The number of fused-ring (bicyclic) bond motifs is 4. The van der Waals surface area contributed by atoms with Gasteiger partial charge in [0.2, 0.25) is 0 Å². The molecule has 0 atom stereocenters. The van der Waals surface area contributed by atoms with Crippen LogP contribution in [-0.4, -0.2) is 38.2 Å². The second kappa shape index (κ2) is 7.33. The molecule has 0 saturated carbocycles. The lowest BCUT2D eigenvalue weighted by Gasteiger charge is -2.33. The summed E-state index contributed by atoms with van der Waals surface area (Å²) in [6.45, 7) is -1.63. The molecule has 39 heavy (non-hydrogen) atoms. The number of hydrogen-bond donors (Lipinski definition) is 0. The van der Waals surface area contributed by atoms with Gasteiger partial charge in [0, 0.05) is 23.5 Å². The summed E-state index contributed by atoms with van der Waals surface area (Å²) < 4.78 is 143. The standard InChI is InChI=1S/C24H9BF10N4/c26-8-4-10-21-17(19(8)28)25-16-12(38(21)14(36-10)6-23(30,31)32)2-1-3-13(16)39-15(7-24(33,34)35)37-11-5-9(27)20(29)18(25)22(11)39/h1-5H,6-7H2. The molecule has 0 bridgehead atoms. The van der Waals surface area contributed by atoms with Crippen LogP contribution in [0.5, 0.6) is 0 Å². The zero-order chi connectivity index (χ0) is 27.8. The van der Waals surface area contributed by atoms with Crippen LogP contribution in [0.3, 0.4) is 0 Å². The molecule has 0 saturated heterocycles. The summed E-state index contributed by atoms with van der Waals surface area (Å²) in [7, 11) is 0. The molecule has 5 aromatic rings. The number of aromatic nitrogens is 4. The molecule has 7 rings (SSSR count). The lowest BCUT2D eigenvalue weighted by Crippen LogP contribution is -2.61. The highest BCUT2D eigenvalue weighted by Gasteiger charge is 2.47. The summed E-state index contributed by atoms with van der Waals surface area (Å²) in [6, 6.07) is 5.15. The number of rotatable bonds is 2. The minimum Gasteiger partial charge on any atom is -0.297 e. The molecule has 198 valence electrons. The predicted octanol–water partition coefficient (Wildman–Crippen LogP) is 4.27. The minimum absolute atomic E-state index is 0.0770. The lowest BCUT2D eigenvalue weighted by atomic mass is 9.34. The Hall–Kier alpha value is -4.04. The quantitative estimate of drug-likeness (QED) is 0.237. The second-order valence-electron chi connectivity index (χ2n) is 9.36. The Kier molecular flexibility index (Phi) is 4.52. The van der Waals surface area contributed by atoms with Crippen LogP contribution in [0.4, 0.5) is 43.9 Å². The molecule has 0 aliphatic carbocycles. The molecule has 0 spiro atoms. The first-order chi connectivity index (χ1) is 18.2. The second-order valence-corrected chi connectivity index (χ2v) is 9.36. The first-order valence-corrected chi connectivity index (χ1v) is 11.3. The van der Waals surface area contributed by atoms with Gasteiger partial charge in [-0.15, -0.1) is 0 Å². The van der Waals surface area contributed by atoms with Crippen molar-refractivity contribution in [3.05, 3.63) is 65.2 Å². The van der Waals surface area contributed by atoms with Crippen LogP contribution in [-0.2, 0) is 12.8 Å². The molecule has 0 fully saturated rings. The molecule has 4 nitrogen and oxygen atoms in total. The third-order valence-corrected chi connectivity index (χ3v) is 7.00. The molecule has 3 aromatic carbocycles. The lowest BCUT2D eigenvalue weighted by molar-refractivity contribution is -0.129. The van der Waals surface area contributed by atoms with E-state index in [4.69, 9.17) is 0 Å². The molecule has 15 heteroatoms. The molecule has 2 aliphatic heterocycles. The summed E-state index contributed by atoms with van der Waals surface area (Å²) in [5.41, 5.74) is -2.81. The molecule has 2 aliphatic rings. The van der Waals surface area contributed by atoms with E-state index in [0.717, 1.165) is 9.13 Å². The maximum atomic E-state index is 15.6. The van der Waals surface area contributed by atoms with E-state index in [-0.39, 0.29) is 38.9 Å². The maximum Gasteiger partial charge on any atom is 0.396 e. The van der Waals surface area contributed by atoms with Gasteiger partial charge in [0.25, 0.3) is 6.71 Å². The van der Waals surface area contributed by atoms with Crippen LogP contribution in [0.1, 0.15) is 11.6 Å². The van der Waals surface area contributed by atoms with Crippen molar-refractivity contribution in [1.29, 1.82) is 0 Å². The molecular weight excluding hydrogens is 545 g/mol. The third-order valence-electron chi connectivity index (χ3n) is 7.00. The Morgan fingerprint density at radius 2 is 1.05 bits per heavy atom. The number of benzene rings is 3. The van der Waals surface area contributed by atoms with Gasteiger partial charge in [0.1, 0.15) is 24.5 Å². The average Bonchev–Trinajstić information content (AvgIpc) is 3.34. The molecule has 2 aromatic heterocycles. The van der Waals surface area contributed by atoms with E-state index in [1.807, 2.05) is 0 Å². The van der Waals surface area contributed by atoms with Gasteiger partial charge in [0.05, 0.1) is 22.1 Å². The molecule has 0 radical (unpaired) electrons. The van der Waals surface area contributed by atoms with Gasteiger partial charge in [-0.3, -0.25) is 9.13 Å². The molecule has 0 N–H and O–H groups in total. The first kappa shape index (κ1) is 24.0. The van der Waals surface area contributed by atoms with E-state index in [2.05, 4.69) is 9.97 Å². The van der Waals surface area contributed by atoms with Crippen LogP contribution in [0.2, 0.25) is 0 Å². The van der Waals surface area contributed by atoms with Gasteiger partial charge >= 0.3 is 12.4 Å².